The average Bonchev–Trinajstić information content (AvgIpc) is 2.89. The first-order chi connectivity index (χ1) is 9.60. The zero-order valence-corrected chi connectivity index (χ0v) is 11.9. The van der Waals surface area contributed by atoms with Gasteiger partial charge in [-0.25, -0.2) is 9.37 Å². The number of carbonyl (C=O) groups excluding carboxylic acids is 1. The van der Waals surface area contributed by atoms with Gasteiger partial charge in [-0.05, 0) is 17.7 Å². The molecule has 106 valence electrons. The van der Waals surface area contributed by atoms with Gasteiger partial charge in [0.15, 0.2) is 0 Å². The van der Waals surface area contributed by atoms with Crippen molar-refractivity contribution in [2.45, 2.75) is 6.42 Å². The van der Waals surface area contributed by atoms with Crippen LogP contribution in [-0.4, -0.2) is 41.1 Å². The number of carbonyl (C=O) groups is 1. The number of aliphatic hydroxyl groups excluding tert-OH is 1. The lowest BCUT2D eigenvalue weighted by Crippen LogP contribution is -2.28. The normalized spacial score (nSPS) is 10.6. The van der Waals surface area contributed by atoms with Crippen LogP contribution in [-0.2, 0) is 6.42 Å². The standard InChI is InChI=1S/C14H15FN2O2S/c1-17(6-7-18)14(19)12-9-16-13(20-12)8-10-2-4-11(15)5-3-10/h2-5,9,18H,6-8H2,1H3. The van der Waals surface area contributed by atoms with Crippen molar-refractivity contribution in [1.82, 2.24) is 9.88 Å². The predicted molar refractivity (Wildman–Crippen MR) is 75.4 cm³/mol. The predicted octanol–water partition coefficient (Wildman–Crippen LogP) is 1.94. The molecular weight excluding hydrogens is 279 g/mol. The highest BCUT2D eigenvalue weighted by Gasteiger charge is 2.14. The Bertz CT molecular complexity index is 583. The van der Waals surface area contributed by atoms with Gasteiger partial charge in [-0.3, -0.25) is 4.79 Å². The maximum atomic E-state index is 12.8. The first-order valence-corrected chi connectivity index (χ1v) is 6.97. The van der Waals surface area contributed by atoms with E-state index in [1.54, 1.807) is 25.4 Å². The molecule has 0 aliphatic carbocycles. The molecule has 0 saturated heterocycles. The summed E-state index contributed by atoms with van der Waals surface area (Å²) in [5, 5.41) is 9.62. The van der Waals surface area contributed by atoms with Gasteiger partial charge in [0.2, 0.25) is 0 Å². The Morgan fingerprint density at radius 1 is 1.40 bits per heavy atom. The first kappa shape index (κ1) is 14.6. The fourth-order valence-electron chi connectivity index (χ4n) is 1.71. The second kappa shape index (κ2) is 6.58. The Hall–Kier alpha value is -1.79. The third kappa shape index (κ3) is 3.61. The molecule has 0 aliphatic heterocycles. The summed E-state index contributed by atoms with van der Waals surface area (Å²) in [4.78, 5) is 18.2. The smallest absolute Gasteiger partial charge is 0.265 e. The van der Waals surface area contributed by atoms with Crippen molar-refractivity contribution >= 4 is 17.2 Å². The van der Waals surface area contributed by atoms with E-state index in [0.29, 0.717) is 17.8 Å². The molecule has 1 heterocycles. The lowest BCUT2D eigenvalue weighted by Gasteiger charge is -2.13. The van der Waals surface area contributed by atoms with E-state index in [0.717, 1.165) is 10.6 Å². The second-order valence-corrected chi connectivity index (χ2v) is 5.49. The minimum atomic E-state index is -0.269. The van der Waals surface area contributed by atoms with Crippen LogP contribution in [0.5, 0.6) is 0 Å². The van der Waals surface area contributed by atoms with Crippen molar-refractivity contribution in [2.75, 3.05) is 20.2 Å². The maximum Gasteiger partial charge on any atom is 0.265 e. The molecule has 0 radical (unpaired) electrons. The minimum Gasteiger partial charge on any atom is -0.395 e. The van der Waals surface area contributed by atoms with Crippen LogP contribution in [0.1, 0.15) is 20.2 Å². The molecule has 0 spiro atoms. The summed E-state index contributed by atoms with van der Waals surface area (Å²) in [5.74, 6) is -0.420. The van der Waals surface area contributed by atoms with Gasteiger partial charge in [-0.2, -0.15) is 0 Å². The van der Waals surface area contributed by atoms with Crippen molar-refractivity contribution < 1.29 is 14.3 Å². The SMILES string of the molecule is CN(CCO)C(=O)c1cnc(Cc2ccc(F)cc2)s1. The summed E-state index contributed by atoms with van der Waals surface area (Å²) in [7, 11) is 1.64. The number of hydrogen-bond donors (Lipinski definition) is 1. The number of benzene rings is 1. The molecule has 0 bridgehead atoms. The molecule has 6 heteroatoms. The van der Waals surface area contributed by atoms with Crippen LogP contribution in [0.4, 0.5) is 4.39 Å². The Kier molecular flexibility index (Phi) is 4.81. The molecule has 1 aromatic heterocycles. The summed E-state index contributed by atoms with van der Waals surface area (Å²) in [5.41, 5.74) is 0.948. The van der Waals surface area contributed by atoms with Crippen molar-refractivity contribution in [3.05, 3.63) is 51.7 Å². The lowest BCUT2D eigenvalue weighted by atomic mass is 10.2. The van der Waals surface area contributed by atoms with Crippen LogP contribution in [0, 0.1) is 5.82 Å². The lowest BCUT2D eigenvalue weighted by molar-refractivity contribution is 0.0771. The number of thiazole rings is 1. The van der Waals surface area contributed by atoms with Gasteiger partial charge in [0, 0.05) is 20.0 Å². The number of aliphatic hydroxyl groups is 1. The summed E-state index contributed by atoms with van der Waals surface area (Å²) in [6.45, 7) is 0.230. The van der Waals surface area contributed by atoms with Crippen molar-refractivity contribution in [3.63, 3.8) is 0 Å². The van der Waals surface area contributed by atoms with Crippen LogP contribution in [0.3, 0.4) is 0 Å². The number of aromatic nitrogens is 1. The number of rotatable bonds is 5. The fraction of sp³-hybridized carbons (Fsp3) is 0.286. The van der Waals surface area contributed by atoms with Crippen LogP contribution in [0.2, 0.25) is 0 Å². The highest BCUT2D eigenvalue weighted by Crippen LogP contribution is 2.18. The van der Waals surface area contributed by atoms with Gasteiger partial charge in [-0.15, -0.1) is 11.3 Å². The fourth-order valence-corrected chi connectivity index (χ4v) is 2.65. The molecule has 0 unspecified atom stereocenters. The minimum absolute atomic E-state index is 0.0660. The zero-order chi connectivity index (χ0) is 14.5. The topological polar surface area (TPSA) is 53.4 Å². The first-order valence-electron chi connectivity index (χ1n) is 6.15. The van der Waals surface area contributed by atoms with Crippen molar-refractivity contribution in [2.24, 2.45) is 0 Å². The van der Waals surface area contributed by atoms with E-state index in [1.807, 2.05) is 0 Å². The molecule has 2 aromatic rings. The van der Waals surface area contributed by atoms with Gasteiger partial charge in [0.25, 0.3) is 5.91 Å². The largest absolute Gasteiger partial charge is 0.395 e. The van der Waals surface area contributed by atoms with Gasteiger partial charge >= 0.3 is 0 Å². The molecule has 4 nitrogen and oxygen atoms in total. The Morgan fingerprint density at radius 3 is 2.75 bits per heavy atom. The van der Waals surface area contributed by atoms with Crippen LogP contribution in [0.15, 0.2) is 30.5 Å². The Balaban J connectivity index is 2.05. The summed E-state index contributed by atoms with van der Waals surface area (Å²) in [6.07, 6.45) is 2.11. The van der Waals surface area contributed by atoms with Gasteiger partial charge < -0.3 is 10.0 Å². The van der Waals surface area contributed by atoms with Gasteiger partial charge in [0.1, 0.15) is 10.7 Å². The monoisotopic (exact) mass is 294 g/mol. The van der Waals surface area contributed by atoms with Gasteiger partial charge in [-0.1, -0.05) is 12.1 Å². The van der Waals surface area contributed by atoms with Crippen LogP contribution in [0.25, 0.3) is 0 Å². The molecule has 0 saturated carbocycles. The van der Waals surface area contributed by atoms with E-state index in [2.05, 4.69) is 4.98 Å². The highest BCUT2D eigenvalue weighted by atomic mass is 32.1. The van der Waals surface area contributed by atoms with Gasteiger partial charge in [0.05, 0.1) is 17.8 Å². The Morgan fingerprint density at radius 2 is 2.10 bits per heavy atom. The number of amides is 1. The number of halogens is 1. The van der Waals surface area contributed by atoms with E-state index in [9.17, 15) is 9.18 Å². The summed E-state index contributed by atoms with van der Waals surface area (Å²) in [6, 6.07) is 6.22. The average molecular weight is 294 g/mol. The van der Waals surface area contributed by atoms with Crippen LogP contribution >= 0.6 is 11.3 Å². The second-order valence-electron chi connectivity index (χ2n) is 4.37. The molecule has 0 fully saturated rings. The van der Waals surface area contributed by atoms with Crippen LogP contribution < -0.4 is 0 Å². The van der Waals surface area contributed by atoms with Crippen molar-refractivity contribution in [3.8, 4) is 0 Å². The third-order valence-corrected chi connectivity index (χ3v) is 3.80. The molecule has 2 rings (SSSR count). The number of likely N-dealkylation sites (N-methyl/N-ethyl adjacent to an activating group) is 1. The van der Waals surface area contributed by atoms with E-state index >= 15 is 0 Å². The zero-order valence-electron chi connectivity index (χ0n) is 11.0. The Labute approximate surface area is 120 Å². The summed E-state index contributed by atoms with van der Waals surface area (Å²) < 4.78 is 12.8. The van der Waals surface area contributed by atoms with E-state index < -0.39 is 0 Å². The molecule has 0 aliphatic rings. The summed E-state index contributed by atoms with van der Waals surface area (Å²) >= 11 is 1.32. The van der Waals surface area contributed by atoms with E-state index in [-0.39, 0.29) is 18.3 Å². The molecular formula is C14H15FN2O2S. The molecule has 0 atom stereocenters. The molecule has 1 N–H and O–H groups in total. The maximum absolute atomic E-state index is 12.8. The van der Waals surface area contributed by atoms with E-state index in [1.165, 1.54) is 28.4 Å². The van der Waals surface area contributed by atoms with Crippen molar-refractivity contribution in [1.29, 1.82) is 0 Å². The number of hydrogen-bond acceptors (Lipinski definition) is 4. The highest BCUT2D eigenvalue weighted by molar-refractivity contribution is 7.13. The molecule has 20 heavy (non-hydrogen) atoms. The number of nitrogens with zero attached hydrogens (tertiary/aromatic N) is 2. The molecule has 1 amide bonds. The molecule has 1 aromatic carbocycles. The van der Waals surface area contributed by atoms with E-state index in [4.69, 9.17) is 5.11 Å². The quantitative estimate of drug-likeness (QED) is 0.917. The third-order valence-electron chi connectivity index (χ3n) is 2.82.